The van der Waals surface area contributed by atoms with E-state index in [4.69, 9.17) is 18.9 Å². The van der Waals surface area contributed by atoms with Gasteiger partial charge in [0.15, 0.2) is 16.3 Å². The van der Waals surface area contributed by atoms with Gasteiger partial charge in [-0.3, -0.25) is 4.79 Å². The summed E-state index contributed by atoms with van der Waals surface area (Å²) in [5.41, 5.74) is 1.32. The third-order valence-corrected chi connectivity index (χ3v) is 5.43. The molecule has 2 aromatic carbocycles. The topological polar surface area (TPSA) is 71.3 Å². The van der Waals surface area contributed by atoms with Crippen molar-refractivity contribution in [3.05, 3.63) is 46.8 Å². The van der Waals surface area contributed by atoms with Crippen LogP contribution in [0.15, 0.2) is 41.4 Å². The number of hydrogen-bond acceptors (Lipinski definition) is 6. The van der Waals surface area contributed by atoms with Crippen molar-refractivity contribution in [2.45, 2.75) is 13.5 Å². The molecule has 0 N–H and O–H groups in total. The Morgan fingerprint density at radius 2 is 1.72 bits per heavy atom. The number of carbonyl (C=O) groups is 1. The highest BCUT2D eigenvalue weighted by Crippen LogP contribution is 2.33. The summed E-state index contributed by atoms with van der Waals surface area (Å²) in [5, 5.41) is 0. The molecule has 0 aliphatic heterocycles. The normalized spacial score (nSPS) is 11.7. The molecule has 154 valence electrons. The first-order chi connectivity index (χ1) is 14.1. The minimum Gasteiger partial charge on any atom is -0.496 e. The lowest BCUT2D eigenvalue weighted by molar-refractivity contribution is 0.0993. The molecule has 3 rings (SSSR count). The summed E-state index contributed by atoms with van der Waals surface area (Å²) in [4.78, 5) is 17.8. The summed E-state index contributed by atoms with van der Waals surface area (Å²) >= 11 is 1.41. The molecule has 1 amide bonds. The van der Waals surface area contributed by atoms with Crippen LogP contribution >= 0.6 is 11.3 Å². The lowest BCUT2D eigenvalue weighted by Gasteiger charge is -2.09. The van der Waals surface area contributed by atoms with Crippen LogP contribution in [0.4, 0.5) is 0 Å². The number of thiazole rings is 1. The summed E-state index contributed by atoms with van der Waals surface area (Å²) in [6.45, 7) is 3.63. The monoisotopic (exact) mass is 416 g/mol. The van der Waals surface area contributed by atoms with Crippen LogP contribution in [0.25, 0.3) is 10.2 Å². The van der Waals surface area contributed by atoms with E-state index in [2.05, 4.69) is 4.99 Å². The van der Waals surface area contributed by atoms with Crippen LogP contribution in [0, 0.1) is 0 Å². The van der Waals surface area contributed by atoms with Gasteiger partial charge in [0.25, 0.3) is 5.91 Å². The van der Waals surface area contributed by atoms with Gasteiger partial charge in [-0.1, -0.05) is 23.5 Å². The fourth-order valence-electron chi connectivity index (χ4n) is 2.97. The average Bonchev–Trinajstić information content (AvgIpc) is 3.08. The molecule has 0 fully saturated rings. The molecule has 0 saturated carbocycles. The molecule has 0 radical (unpaired) electrons. The Hall–Kier alpha value is -2.84. The van der Waals surface area contributed by atoms with Gasteiger partial charge < -0.3 is 23.5 Å². The Morgan fingerprint density at radius 1 is 1.03 bits per heavy atom. The molecule has 0 aliphatic carbocycles. The lowest BCUT2D eigenvalue weighted by Crippen LogP contribution is -2.20. The zero-order valence-corrected chi connectivity index (χ0v) is 17.7. The van der Waals surface area contributed by atoms with Crippen molar-refractivity contribution < 1.29 is 23.7 Å². The van der Waals surface area contributed by atoms with Crippen LogP contribution < -0.4 is 19.0 Å². The first kappa shape index (κ1) is 20.9. The van der Waals surface area contributed by atoms with Crippen LogP contribution in [-0.4, -0.2) is 45.0 Å². The SMILES string of the molecule is CCOCCn1c(=NC(=O)c2ccccc2OC)sc2cc(OC)c(OC)cc21. The molecule has 7 nitrogen and oxygen atoms in total. The van der Waals surface area contributed by atoms with E-state index in [1.54, 1.807) is 32.4 Å². The number of hydrogen-bond donors (Lipinski definition) is 0. The van der Waals surface area contributed by atoms with Crippen molar-refractivity contribution >= 4 is 27.5 Å². The number of para-hydroxylation sites is 1. The van der Waals surface area contributed by atoms with Crippen LogP contribution in [0.2, 0.25) is 0 Å². The molecule has 8 heteroatoms. The second-order valence-corrected chi connectivity index (χ2v) is 7.03. The maximum atomic E-state index is 12.9. The van der Waals surface area contributed by atoms with Crippen molar-refractivity contribution in [2.24, 2.45) is 4.99 Å². The van der Waals surface area contributed by atoms with E-state index in [-0.39, 0.29) is 5.91 Å². The maximum Gasteiger partial charge on any atom is 0.283 e. The molecule has 3 aromatic rings. The molecular weight excluding hydrogens is 392 g/mol. The molecule has 0 bridgehead atoms. The molecule has 0 unspecified atom stereocenters. The van der Waals surface area contributed by atoms with E-state index in [0.29, 0.717) is 47.4 Å². The highest BCUT2D eigenvalue weighted by Gasteiger charge is 2.15. The first-order valence-corrected chi connectivity index (χ1v) is 9.99. The second-order valence-electron chi connectivity index (χ2n) is 6.03. The van der Waals surface area contributed by atoms with Crippen molar-refractivity contribution in [3.63, 3.8) is 0 Å². The van der Waals surface area contributed by atoms with Crippen LogP contribution in [0.3, 0.4) is 0 Å². The lowest BCUT2D eigenvalue weighted by atomic mass is 10.2. The smallest absolute Gasteiger partial charge is 0.283 e. The summed E-state index contributed by atoms with van der Waals surface area (Å²) < 4.78 is 24.6. The van der Waals surface area contributed by atoms with E-state index in [1.807, 2.05) is 29.7 Å². The zero-order chi connectivity index (χ0) is 20.8. The molecule has 1 aromatic heterocycles. The highest BCUT2D eigenvalue weighted by molar-refractivity contribution is 7.16. The Labute approximate surface area is 173 Å². The third-order valence-electron chi connectivity index (χ3n) is 4.39. The standard InChI is InChI=1S/C21H24N2O5S/c1-5-28-11-10-23-15-12-17(26-3)18(27-4)13-19(15)29-21(23)22-20(24)14-8-6-7-9-16(14)25-2/h6-9,12-13H,5,10-11H2,1-4H3. The number of methoxy groups -OCH3 is 3. The van der Waals surface area contributed by atoms with E-state index < -0.39 is 0 Å². The van der Waals surface area contributed by atoms with Gasteiger partial charge in [0, 0.05) is 25.3 Å². The number of fused-ring (bicyclic) bond motifs is 1. The Balaban J connectivity index is 2.15. The van der Waals surface area contributed by atoms with Gasteiger partial charge in [-0.25, -0.2) is 0 Å². The fourth-order valence-corrected chi connectivity index (χ4v) is 4.03. The van der Waals surface area contributed by atoms with E-state index in [1.165, 1.54) is 18.4 Å². The van der Waals surface area contributed by atoms with Crippen LogP contribution in [0.5, 0.6) is 17.2 Å². The minimum atomic E-state index is -0.363. The number of carbonyl (C=O) groups excluding carboxylic acids is 1. The molecular formula is C21H24N2O5S. The predicted molar refractivity (Wildman–Crippen MR) is 112 cm³/mol. The van der Waals surface area contributed by atoms with Crippen LogP contribution in [0.1, 0.15) is 17.3 Å². The van der Waals surface area contributed by atoms with Gasteiger partial charge in [-0.05, 0) is 19.1 Å². The van der Waals surface area contributed by atoms with Gasteiger partial charge in [0.2, 0.25) is 0 Å². The number of aromatic nitrogens is 1. The van der Waals surface area contributed by atoms with Crippen molar-refractivity contribution in [1.29, 1.82) is 0 Å². The Kier molecular flexibility index (Phi) is 6.90. The number of nitrogens with zero attached hydrogens (tertiary/aromatic N) is 2. The Morgan fingerprint density at radius 3 is 2.41 bits per heavy atom. The third kappa shape index (κ3) is 4.44. The Bertz CT molecular complexity index is 1070. The largest absolute Gasteiger partial charge is 0.496 e. The van der Waals surface area contributed by atoms with E-state index in [0.717, 1.165) is 10.2 Å². The minimum absolute atomic E-state index is 0.363. The van der Waals surface area contributed by atoms with Crippen molar-refractivity contribution in [1.82, 2.24) is 4.57 Å². The van der Waals surface area contributed by atoms with E-state index in [9.17, 15) is 4.79 Å². The summed E-state index contributed by atoms with van der Waals surface area (Å²) in [6, 6.07) is 10.8. The average molecular weight is 416 g/mol. The number of rotatable bonds is 8. The van der Waals surface area contributed by atoms with Gasteiger partial charge in [0.1, 0.15) is 5.75 Å². The van der Waals surface area contributed by atoms with Crippen molar-refractivity contribution in [3.8, 4) is 17.2 Å². The molecule has 0 atom stereocenters. The first-order valence-electron chi connectivity index (χ1n) is 9.18. The quantitative estimate of drug-likeness (QED) is 0.526. The fraction of sp³-hybridized carbons (Fsp3) is 0.333. The summed E-state index contributed by atoms with van der Waals surface area (Å²) in [7, 11) is 4.72. The summed E-state index contributed by atoms with van der Waals surface area (Å²) in [5.74, 6) is 1.37. The van der Waals surface area contributed by atoms with Gasteiger partial charge in [-0.15, -0.1) is 0 Å². The van der Waals surface area contributed by atoms with Gasteiger partial charge in [0.05, 0.1) is 43.7 Å². The molecule has 0 spiro atoms. The second kappa shape index (κ2) is 9.58. The van der Waals surface area contributed by atoms with E-state index >= 15 is 0 Å². The van der Waals surface area contributed by atoms with Gasteiger partial charge in [-0.2, -0.15) is 4.99 Å². The number of amides is 1. The maximum absolute atomic E-state index is 12.9. The predicted octanol–water partition coefficient (Wildman–Crippen LogP) is 3.51. The van der Waals surface area contributed by atoms with Gasteiger partial charge >= 0.3 is 0 Å². The molecule has 1 heterocycles. The number of ether oxygens (including phenoxy) is 4. The molecule has 0 aliphatic rings. The molecule has 0 saturated heterocycles. The number of benzene rings is 2. The van der Waals surface area contributed by atoms with Crippen LogP contribution in [-0.2, 0) is 11.3 Å². The molecule has 29 heavy (non-hydrogen) atoms. The van der Waals surface area contributed by atoms with Crippen molar-refractivity contribution in [2.75, 3.05) is 34.5 Å². The zero-order valence-electron chi connectivity index (χ0n) is 16.9. The highest BCUT2D eigenvalue weighted by atomic mass is 32.1. The summed E-state index contributed by atoms with van der Waals surface area (Å²) in [6.07, 6.45) is 0.